The topological polar surface area (TPSA) is 106 Å². The van der Waals surface area contributed by atoms with E-state index in [1.165, 1.54) is 0 Å². The number of hydrazine groups is 1. The Hall–Kier alpha value is -1.54. The average Bonchev–Trinajstić information content (AvgIpc) is 2.49. The van der Waals surface area contributed by atoms with Gasteiger partial charge in [0.05, 0.1) is 6.61 Å². The molecule has 0 bridgehead atoms. The van der Waals surface area contributed by atoms with Crippen LogP contribution >= 0.6 is 0 Å². The van der Waals surface area contributed by atoms with Gasteiger partial charge in [-0.2, -0.15) is 0 Å². The van der Waals surface area contributed by atoms with Gasteiger partial charge in [-0.1, -0.05) is 27.7 Å². The molecule has 142 valence electrons. The van der Waals surface area contributed by atoms with Crippen LogP contribution in [-0.2, 0) is 14.2 Å². The summed E-state index contributed by atoms with van der Waals surface area (Å²) in [7, 11) is 0. The van der Waals surface area contributed by atoms with Gasteiger partial charge >= 0.3 is 12.2 Å². The summed E-state index contributed by atoms with van der Waals surface area (Å²) in [6.07, 6.45) is -0.685. The van der Waals surface area contributed by atoms with Gasteiger partial charge in [0.15, 0.2) is 0 Å². The highest BCUT2D eigenvalue weighted by molar-refractivity contribution is 5.72. The molecule has 24 heavy (non-hydrogen) atoms. The number of amides is 2. The van der Waals surface area contributed by atoms with E-state index in [1.54, 1.807) is 5.43 Å². The molecular weight excluding hydrogens is 316 g/mol. The number of hydrogen-bond acceptors (Lipinski definition) is 5. The van der Waals surface area contributed by atoms with Crippen molar-refractivity contribution >= 4 is 12.2 Å². The zero-order valence-corrected chi connectivity index (χ0v) is 15.2. The smallest absolute Gasteiger partial charge is 0.426 e. The van der Waals surface area contributed by atoms with Crippen LogP contribution in [0.4, 0.5) is 9.59 Å². The van der Waals surface area contributed by atoms with Gasteiger partial charge in [0.2, 0.25) is 0 Å². The van der Waals surface area contributed by atoms with Crippen molar-refractivity contribution in [2.75, 3.05) is 33.0 Å². The Labute approximate surface area is 144 Å². The predicted octanol–water partition coefficient (Wildman–Crippen LogP) is 2.64. The van der Waals surface area contributed by atoms with Crippen LogP contribution in [0.15, 0.2) is 0 Å². The Morgan fingerprint density at radius 1 is 0.875 bits per heavy atom. The van der Waals surface area contributed by atoms with E-state index in [1.807, 2.05) is 5.43 Å². The second-order valence-electron chi connectivity index (χ2n) is 6.53. The Morgan fingerprint density at radius 2 is 1.38 bits per heavy atom. The summed E-state index contributed by atoms with van der Waals surface area (Å²) in [6.45, 7) is 11.1. The lowest BCUT2D eigenvalue weighted by molar-refractivity contribution is 0.0554. The Morgan fingerprint density at radius 3 is 1.79 bits per heavy atom. The van der Waals surface area contributed by atoms with Gasteiger partial charge in [-0.15, -0.1) is 0 Å². The third-order valence-corrected chi connectivity index (χ3v) is 2.96. The van der Waals surface area contributed by atoms with Crippen LogP contribution in [0.3, 0.4) is 0 Å². The number of carbonyl (C=O) groups is 2. The first kappa shape index (κ1) is 22.5. The van der Waals surface area contributed by atoms with E-state index >= 15 is 0 Å². The number of nitrogens with one attached hydrogen (secondary N) is 2. The highest BCUT2D eigenvalue weighted by atomic mass is 16.6. The molecule has 0 aliphatic rings. The molecule has 0 spiro atoms. The molecule has 0 saturated heterocycles. The maximum absolute atomic E-state index is 11.4. The van der Waals surface area contributed by atoms with Crippen LogP contribution in [0.25, 0.3) is 0 Å². The number of carboxylic acid groups (broad SMARTS) is 1. The summed E-state index contributed by atoms with van der Waals surface area (Å²) in [6, 6.07) is 0. The van der Waals surface area contributed by atoms with Gasteiger partial charge in [-0.25, -0.2) is 20.4 Å². The molecule has 2 amide bonds. The molecule has 0 aliphatic carbocycles. The Balaban J connectivity index is 4.09. The fraction of sp³-hybridized carbons (Fsp3) is 0.875. The Kier molecular flexibility index (Phi) is 13.0. The highest BCUT2D eigenvalue weighted by Gasteiger charge is 2.13. The van der Waals surface area contributed by atoms with Gasteiger partial charge in [-0.05, 0) is 30.6 Å². The van der Waals surface area contributed by atoms with Gasteiger partial charge in [0, 0.05) is 26.4 Å². The molecule has 0 aromatic rings. The lowest BCUT2D eigenvalue weighted by atomic mass is 10.0. The molecular formula is C16H32N2O6. The van der Waals surface area contributed by atoms with E-state index in [2.05, 4.69) is 27.7 Å². The average molecular weight is 348 g/mol. The van der Waals surface area contributed by atoms with Crippen molar-refractivity contribution in [3.8, 4) is 0 Å². The first-order valence-electron chi connectivity index (χ1n) is 8.38. The first-order valence-corrected chi connectivity index (χ1v) is 8.38. The minimum atomic E-state index is -1.35. The van der Waals surface area contributed by atoms with Crippen molar-refractivity contribution in [2.45, 2.75) is 40.5 Å². The lowest BCUT2D eigenvalue weighted by Crippen LogP contribution is -2.41. The standard InChI is InChI=1S/C16H32N2O6/c1-12(2)9-22-7-5-14(6-8-23-10-13(3)4)11-24-16(21)18-17-15(19)20/h12-14,17H,5-11H2,1-4H3,(H,18,21)(H,19,20). The zero-order chi connectivity index (χ0) is 18.4. The second-order valence-corrected chi connectivity index (χ2v) is 6.53. The summed E-state index contributed by atoms with van der Waals surface area (Å²) >= 11 is 0. The molecule has 0 aliphatic heterocycles. The molecule has 0 aromatic carbocycles. The zero-order valence-electron chi connectivity index (χ0n) is 15.2. The van der Waals surface area contributed by atoms with Crippen molar-refractivity contribution < 1.29 is 28.9 Å². The number of hydrogen-bond donors (Lipinski definition) is 3. The molecule has 0 radical (unpaired) electrons. The molecule has 0 heterocycles. The van der Waals surface area contributed by atoms with Crippen LogP contribution in [0.5, 0.6) is 0 Å². The Bertz CT molecular complexity index is 333. The molecule has 0 fully saturated rings. The van der Waals surface area contributed by atoms with Crippen LogP contribution < -0.4 is 10.9 Å². The minimum absolute atomic E-state index is 0.0971. The molecule has 0 atom stereocenters. The van der Waals surface area contributed by atoms with Gasteiger partial charge in [-0.3, -0.25) is 0 Å². The number of rotatable bonds is 12. The number of carbonyl (C=O) groups excluding carboxylic acids is 1. The van der Waals surface area contributed by atoms with Crippen molar-refractivity contribution in [3.05, 3.63) is 0 Å². The van der Waals surface area contributed by atoms with E-state index in [0.717, 1.165) is 12.8 Å². The lowest BCUT2D eigenvalue weighted by Gasteiger charge is -2.18. The number of ether oxygens (including phenoxy) is 3. The molecule has 0 rings (SSSR count). The van der Waals surface area contributed by atoms with Crippen molar-refractivity contribution in [1.29, 1.82) is 0 Å². The van der Waals surface area contributed by atoms with Gasteiger partial charge in [0.25, 0.3) is 0 Å². The normalized spacial score (nSPS) is 11.1. The van der Waals surface area contributed by atoms with E-state index < -0.39 is 12.2 Å². The second kappa shape index (κ2) is 13.9. The van der Waals surface area contributed by atoms with Crippen molar-refractivity contribution in [3.63, 3.8) is 0 Å². The van der Waals surface area contributed by atoms with E-state index in [0.29, 0.717) is 38.3 Å². The van der Waals surface area contributed by atoms with Crippen LogP contribution in [-0.4, -0.2) is 50.3 Å². The van der Waals surface area contributed by atoms with Crippen molar-refractivity contribution in [1.82, 2.24) is 10.9 Å². The maximum Gasteiger partial charge on any atom is 0.426 e. The molecule has 3 N–H and O–H groups in total. The van der Waals surface area contributed by atoms with Crippen LogP contribution in [0, 0.1) is 17.8 Å². The molecule has 0 aromatic heterocycles. The van der Waals surface area contributed by atoms with E-state index in [4.69, 9.17) is 19.3 Å². The fourth-order valence-corrected chi connectivity index (χ4v) is 1.78. The van der Waals surface area contributed by atoms with Crippen LogP contribution in [0.1, 0.15) is 40.5 Å². The van der Waals surface area contributed by atoms with Crippen molar-refractivity contribution in [2.24, 2.45) is 17.8 Å². The summed E-state index contributed by atoms with van der Waals surface area (Å²) in [5.41, 5.74) is 3.67. The highest BCUT2D eigenvalue weighted by Crippen LogP contribution is 2.11. The summed E-state index contributed by atoms with van der Waals surface area (Å²) in [5.74, 6) is 1.05. The third kappa shape index (κ3) is 15.4. The fourth-order valence-electron chi connectivity index (χ4n) is 1.78. The molecule has 8 nitrogen and oxygen atoms in total. The SMILES string of the molecule is CC(C)COCCC(CCOCC(C)C)COC(=O)NNC(=O)O. The maximum atomic E-state index is 11.4. The predicted molar refractivity (Wildman–Crippen MR) is 89.7 cm³/mol. The first-order chi connectivity index (χ1) is 11.3. The molecule has 0 saturated carbocycles. The molecule has 8 heteroatoms. The third-order valence-electron chi connectivity index (χ3n) is 2.96. The van der Waals surface area contributed by atoms with Gasteiger partial charge < -0.3 is 19.3 Å². The van der Waals surface area contributed by atoms with Crippen LogP contribution in [0.2, 0.25) is 0 Å². The molecule has 0 unspecified atom stereocenters. The van der Waals surface area contributed by atoms with E-state index in [-0.39, 0.29) is 12.5 Å². The summed E-state index contributed by atoms with van der Waals surface area (Å²) in [5, 5.41) is 8.40. The minimum Gasteiger partial charge on any atom is -0.464 e. The summed E-state index contributed by atoms with van der Waals surface area (Å²) < 4.78 is 16.2. The quantitative estimate of drug-likeness (QED) is 0.370. The largest absolute Gasteiger partial charge is 0.464 e. The summed E-state index contributed by atoms with van der Waals surface area (Å²) in [4.78, 5) is 21.7. The van der Waals surface area contributed by atoms with E-state index in [9.17, 15) is 9.59 Å². The van der Waals surface area contributed by atoms with Gasteiger partial charge in [0.1, 0.15) is 0 Å². The monoisotopic (exact) mass is 348 g/mol.